The molecule has 1 aliphatic rings. The van der Waals surface area contributed by atoms with Gasteiger partial charge in [0.1, 0.15) is 0 Å². The summed E-state index contributed by atoms with van der Waals surface area (Å²) in [6, 6.07) is 8.45. The minimum Gasteiger partial charge on any atom is -0.327 e. The number of benzene rings is 1. The highest BCUT2D eigenvalue weighted by atomic mass is 79.9. The third-order valence-corrected chi connectivity index (χ3v) is 4.12. The van der Waals surface area contributed by atoms with Gasteiger partial charge >= 0.3 is 0 Å². The zero-order chi connectivity index (χ0) is 12.1. The molecule has 2 N–H and O–H groups in total. The van der Waals surface area contributed by atoms with Gasteiger partial charge in [-0.3, -0.25) is 0 Å². The molecule has 0 atom stereocenters. The van der Waals surface area contributed by atoms with Crippen LogP contribution in [0.3, 0.4) is 0 Å². The van der Waals surface area contributed by atoms with E-state index in [1.54, 1.807) is 0 Å². The fraction of sp³-hybridized carbons (Fsp3) is 0.467. The molecule has 0 spiro atoms. The highest BCUT2D eigenvalue weighted by Gasteiger charge is 2.16. The van der Waals surface area contributed by atoms with Crippen molar-refractivity contribution in [3.8, 4) is 0 Å². The molecule has 1 nitrogen and oxygen atoms in total. The summed E-state index contributed by atoms with van der Waals surface area (Å²) in [5.41, 5.74) is 8.59. The van der Waals surface area contributed by atoms with Gasteiger partial charge in [0.2, 0.25) is 0 Å². The number of nitrogens with two attached hydrogens (primary N) is 1. The smallest absolute Gasteiger partial charge is 0.0175 e. The summed E-state index contributed by atoms with van der Waals surface area (Å²) in [5, 5.41) is 0. The van der Waals surface area contributed by atoms with E-state index in [4.69, 9.17) is 5.73 Å². The number of rotatable bonds is 3. The molecule has 0 heterocycles. The molecule has 0 unspecified atom stereocenters. The molecular formula is C15H20BrN. The van der Waals surface area contributed by atoms with Gasteiger partial charge in [0.25, 0.3) is 0 Å². The lowest BCUT2D eigenvalue weighted by Crippen LogP contribution is -2.16. The van der Waals surface area contributed by atoms with Crippen molar-refractivity contribution >= 4 is 22.0 Å². The molecular weight excluding hydrogens is 274 g/mol. The third kappa shape index (κ3) is 3.68. The molecule has 2 heteroatoms. The lowest BCUT2D eigenvalue weighted by molar-refractivity contribution is 0.401. The van der Waals surface area contributed by atoms with Crippen molar-refractivity contribution in [3.63, 3.8) is 0 Å². The molecule has 1 aromatic carbocycles. The van der Waals surface area contributed by atoms with E-state index in [1.165, 1.54) is 43.2 Å². The molecule has 92 valence electrons. The van der Waals surface area contributed by atoms with E-state index in [2.05, 4.69) is 46.3 Å². The first kappa shape index (κ1) is 12.8. The van der Waals surface area contributed by atoms with Crippen LogP contribution >= 0.6 is 15.9 Å². The summed E-state index contributed by atoms with van der Waals surface area (Å²) < 4.78 is 1.13. The van der Waals surface area contributed by atoms with E-state index < -0.39 is 0 Å². The van der Waals surface area contributed by atoms with Gasteiger partial charge < -0.3 is 5.73 Å². The van der Waals surface area contributed by atoms with Gasteiger partial charge in [-0.1, -0.05) is 59.0 Å². The van der Waals surface area contributed by atoms with Crippen molar-refractivity contribution in [3.05, 3.63) is 39.9 Å². The van der Waals surface area contributed by atoms with Gasteiger partial charge in [0, 0.05) is 11.0 Å². The molecule has 1 saturated carbocycles. The van der Waals surface area contributed by atoms with Crippen molar-refractivity contribution in [1.82, 2.24) is 0 Å². The van der Waals surface area contributed by atoms with Crippen LogP contribution in [0.4, 0.5) is 0 Å². The van der Waals surface area contributed by atoms with E-state index in [-0.39, 0.29) is 0 Å². The minimum absolute atomic E-state index is 0.695. The van der Waals surface area contributed by atoms with Crippen molar-refractivity contribution in [2.24, 2.45) is 11.7 Å². The molecule has 2 rings (SSSR count). The molecule has 1 aliphatic carbocycles. The zero-order valence-electron chi connectivity index (χ0n) is 10.2. The minimum atomic E-state index is 0.695. The van der Waals surface area contributed by atoms with Crippen LogP contribution in [0, 0.1) is 5.92 Å². The van der Waals surface area contributed by atoms with Crippen LogP contribution in [0.5, 0.6) is 0 Å². The summed E-state index contributed by atoms with van der Waals surface area (Å²) in [7, 11) is 0. The topological polar surface area (TPSA) is 26.0 Å². The largest absolute Gasteiger partial charge is 0.327 e. The maximum Gasteiger partial charge on any atom is 0.0175 e. The summed E-state index contributed by atoms with van der Waals surface area (Å²) >= 11 is 3.46. The Balaban J connectivity index is 2.13. The normalized spacial score (nSPS) is 18.4. The molecule has 17 heavy (non-hydrogen) atoms. The molecule has 0 amide bonds. The molecule has 1 aromatic rings. The Bertz CT molecular complexity index is 374. The SMILES string of the molecule is NCC(=Cc1ccc(Br)cc1)C1CCCCC1. The van der Waals surface area contributed by atoms with Crippen LogP contribution in [0.1, 0.15) is 37.7 Å². The standard InChI is InChI=1S/C15H20BrN/c16-15-8-6-12(7-9-15)10-14(11-17)13-4-2-1-3-5-13/h6-10,13H,1-5,11,17H2. The monoisotopic (exact) mass is 293 g/mol. The molecule has 1 fully saturated rings. The maximum absolute atomic E-state index is 5.90. The molecule has 0 saturated heterocycles. The Morgan fingerprint density at radius 2 is 1.82 bits per heavy atom. The maximum atomic E-state index is 5.90. The fourth-order valence-electron chi connectivity index (χ4n) is 2.59. The highest BCUT2D eigenvalue weighted by Crippen LogP contribution is 2.30. The lowest BCUT2D eigenvalue weighted by Gasteiger charge is -2.23. The first-order valence-corrected chi connectivity index (χ1v) is 7.25. The summed E-state index contributed by atoms with van der Waals surface area (Å²) in [5.74, 6) is 0.720. The summed E-state index contributed by atoms with van der Waals surface area (Å²) in [6.45, 7) is 0.695. The molecule has 0 aliphatic heterocycles. The van der Waals surface area contributed by atoms with E-state index in [0.717, 1.165) is 10.4 Å². The fourth-order valence-corrected chi connectivity index (χ4v) is 2.85. The Labute approximate surface area is 112 Å². The number of hydrogen-bond donors (Lipinski definition) is 1. The van der Waals surface area contributed by atoms with Gasteiger partial charge in [-0.15, -0.1) is 0 Å². The van der Waals surface area contributed by atoms with Gasteiger partial charge in [0.05, 0.1) is 0 Å². The Kier molecular flexibility index (Phi) is 4.81. The zero-order valence-corrected chi connectivity index (χ0v) is 11.7. The van der Waals surface area contributed by atoms with Crippen molar-refractivity contribution < 1.29 is 0 Å². The van der Waals surface area contributed by atoms with Crippen LogP contribution in [0.15, 0.2) is 34.3 Å². The average Bonchev–Trinajstić information content (AvgIpc) is 2.39. The first-order chi connectivity index (χ1) is 8.29. The predicted molar refractivity (Wildman–Crippen MR) is 77.7 cm³/mol. The Hall–Kier alpha value is -0.600. The lowest BCUT2D eigenvalue weighted by atomic mass is 9.83. The second-order valence-electron chi connectivity index (χ2n) is 4.81. The average molecular weight is 294 g/mol. The van der Waals surface area contributed by atoms with E-state index in [9.17, 15) is 0 Å². The molecule has 0 aromatic heterocycles. The highest BCUT2D eigenvalue weighted by molar-refractivity contribution is 9.10. The van der Waals surface area contributed by atoms with Crippen LogP contribution in [0.2, 0.25) is 0 Å². The van der Waals surface area contributed by atoms with E-state index >= 15 is 0 Å². The van der Waals surface area contributed by atoms with Gasteiger partial charge in [-0.2, -0.15) is 0 Å². The van der Waals surface area contributed by atoms with Gasteiger partial charge in [-0.05, 0) is 36.5 Å². The quantitative estimate of drug-likeness (QED) is 0.880. The van der Waals surface area contributed by atoms with E-state index in [0.29, 0.717) is 6.54 Å². The van der Waals surface area contributed by atoms with Crippen LogP contribution in [-0.2, 0) is 0 Å². The van der Waals surface area contributed by atoms with Crippen LogP contribution in [0.25, 0.3) is 6.08 Å². The van der Waals surface area contributed by atoms with Gasteiger partial charge in [-0.25, -0.2) is 0 Å². The second kappa shape index (κ2) is 6.36. The summed E-state index contributed by atoms with van der Waals surface area (Å²) in [6.07, 6.45) is 9.04. The van der Waals surface area contributed by atoms with Crippen molar-refractivity contribution in [2.75, 3.05) is 6.54 Å². The Morgan fingerprint density at radius 3 is 2.41 bits per heavy atom. The number of hydrogen-bond acceptors (Lipinski definition) is 1. The molecule has 0 bridgehead atoms. The predicted octanol–water partition coefficient (Wildman–Crippen LogP) is 4.37. The van der Waals surface area contributed by atoms with E-state index in [1.807, 2.05) is 0 Å². The Morgan fingerprint density at radius 1 is 1.18 bits per heavy atom. The van der Waals surface area contributed by atoms with Crippen molar-refractivity contribution in [2.45, 2.75) is 32.1 Å². The first-order valence-electron chi connectivity index (χ1n) is 6.45. The third-order valence-electron chi connectivity index (χ3n) is 3.59. The van der Waals surface area contributed by atoms with Crippen molar-refractivity contribution in [1.29, 1.82) is 0 Å². The summed E-state index contributed by atoms with van der Waals surface area (Å²) in [4.78, 5) is 0. The molecule has 0 radical (unpaired) electrons. The van der Waals surface area contributed by atoms with Crippen LogP contribution in [-0.4, -0.2) is 6.54 Å². The number of halogens is 1. The van der Waals surface area contributed by atoms with Gasteiger partial charge in [0.15, 0.2) is 0 Å². The second-order valence-corrected chi connectivity index (χ2v) is 5.73. The van der Waals surface area contributed by atoms with Crippen LogP contribution < -0.4 is 5.73 Å².